The lowest BCUT2D eigenvalue weighted by molar-refractivity contribution is -0.118. The lowest BCUT2D eigenvalue weighted by Gasteiger charge is -2.15. The maximum atomic E-state index is 11.9. The van der Waals surface area contributed by atoms with Crippen molar-refractivity contribution in [1.82, 2.24) is 4.90 Å². The third kappa shape index (κ3) is 5.43. The van der Waals surface area contributed by atoms with Crippen LogP contribution in [0.15, 0.2) is 24.3 Å². The Labute approximate surface area is 133 Å². The van der Waals surface area contributed by atoms with Crippen molar-refractivity contribution >= 4 is 11.6 Å². The number of hydrogen-bond acceptors (Lipinski definition) is 3. The van der Waals surface area contributed by atoms with Gasteiger partial charge in [-0.25, -0.2) is 0 Å². The molecule has 1 aliphatic rings. The molecule has 0 spiro atoms. The second kappa shape index (κ2) is 8.30. The molecule has 1 aromatic rings. The molecule has 1 atom stereocenters. The van der Waals surface area contributed by atoms with E-state index in [1.165, 1.54) is 31.5 Å². The molecular weight excluding hydrogens is 276 g/mol. The molecule has 0 bridgehead atoms. The van der Waals surface area contributed by atoms with Crippen LogP contribution in [0.1, 0.15) is 38.7 Å². The SMILES string of the molecule is CC(C)C(O)CC(=O)Nc1cccc(CCN2CCCC2)c1. The fourth-order valence-electron chi connectivity index (χ4n) is 2.74. The number of benzene rings is 1. The first-order valence-electron chi connectivity index (χ1n) is 8.34. The number of anilines is 1. The molecular formula is C18H28N2O2. The van der Waals surface area contributed by atoms with Crippen LogP contribution in [0.3, 0.4) is 0 Å². The molecule has 1 aromatic carbocycles. The van der Waals surface area contributed by atoms with Crippen LogP contribution >= 0.6 is 0 Å². The molecule has 0 saturated carbocycles. The Bertz CT molecular complexity index is 482. The Kier molecular flexibility index (Phi) is 6.40. The first-order valence-corrected chi connectivity index (χ1v) is 8.34. The number of carbonyl (C=O) groups excluding carboxylic acids is 1. The molecule has 2 rings (SSSR count). The van der Waals surface area contributed by atoms with Gasteiger partial charge in [-0.15, -0.1) is 0 Å². The van der Waals surface area contributed by atoms with Gasteiger partial charge < -0.3 is 15.3 Å². The van der Waals surface area contributed by atoms with Gasteiger partial charge in [-0.05, 0) is 56.0 Å². The first kappa shape index (κ1) is 17.0. The highest BCUT2D eigenvalue weighted by molar-refractivity contribution is 5.91. The summed E-state index contributed by atoms with van der Waals surface area (Å²) in [7, 11) is 0. The van der Waals surface area contributed by atoms with Gasteiger partial charge in [0.25, 0.3) is 0 Å². The van der Waals surface area contributed by atoms with Crippen molar-refractivity contribution in [3.8, 4) is 0 Å². The van der Waals surface area contributed by atoms with E-state index in [2.05, 4.69) is 16.3 Å². The van der Waals surface area contributed by atoms with Crippen molar-refractivity contribution in [3.05, 3.63) is 29.8 Å². The maximum Gasteiger partial charge on any atom is 0.226 e. The number of carbonyl (C=O) groups is 1. The fraction of sp³-hybridized carbons (Fsp3) is 0.611. The van der Waals surface area contributed by atoms with Gasteiger partial charge in [-0.3, -0.25) is 4.79 Å². The van der Waals surface area contributed by atoms with Gasteiger partial charge in [0.05, 0.1) is 12.5 Å². The van der Waals surface area contributed by atoms with Crippen LogP contribution in [-0.2, 0) is 11.2 Å². The average Bonchev–Trinajstić information content (AvgIpc) is 2.98. The number of nitrogens with zero attached hydrogens (tertiary/aromatic N) is 1. The highest BCUT2D eigenvalue weighted by Crippen LogP contribution is 2.15. The zero-order chi connectivity index (χ0) is 15.9. The van der Waals surface area contributed by atoms with Gasteiger partial charge in [0.1, 0.15) is 0 Å². The summed E-state index contributed by atoms with van der Waals surface area (Å²) in [5.41, 5.74) is 2.06. The smallest absolute Gasteiger partial charge is 0.226 e. The van der Waals surface area contributed by atoms with E-state index in [1.807, 2.05) is 32.0 Å². The summed E-state index contributed by atoms with van der Waals surface area (Å²) >= 11 is 0. The number of likely N-dealkylation sites (tertiary alicyclic amines) is 1. The summed E-state index contributed by atoms with van der Waals surface area (Å²) in [4.78, 5) is 14.4. The van der Waals surface area contributed by atoms with Crippen LogP contribution in [-0.4, -0.2) is 41.7 Å². The van der Waals surface area contributed by atoms with Crippen LogP contribution in [0.25, 0.3) is 0 Å². The lowest BCUT2D eigenvalue weighted by atomic mass is 10.0. The van der Waals surface area contributed by atoms with Gasteiger partial charge in [-0.2, -0.15) is 0 Å². The monoisotopic (exact) mass is 304 g/mol. The quantitative estimate of drug-likeness (QED) is 0.814. The third-order valence-corrected chi connectivity index (χ3v) is 4.29. The van der Waals surface area contributed by atoms with Crippen molar-refractivity contribution in [2.24, 2.45) is 5.92 Å². The van der Waals surface area contributed by atoms with Gasteiger partial charge in [0.2, 0.25) is 5.91 Å². The van der Waals surface area contributed by atoms with Crippen LogP contribution < -0.4 is 5.32 Å². The minimum atomic E-state index is -0.585. The molecule has 0 radical (unpaired) electrons. The molecule has 1 amide bonds. The number of nitrogens with one attached hydrogen (secondary N) is 1. The molecule has 1 aliphatic heterocycles. The standard InChI is InChI=1S/C18H28N2O2/c1-14(2)17(21)13-18(22)19-16-7-5-6-15(12-16)8-11-20-9-3-4-10-20/h5-7,12,14,17,21H,3-4,8-11,13H2,1-2H3,(H,19,22). The van der Waals surface area contributed by atoms with Crippen LogP contribution in [0.2, 0.25) is 0 Å². The van der Waals surface area contributed by atoms with E-state index in [0.717, 1.165) is 18.7 Å². The molecule has 0 aliphatic carbocycles. The molecule has 1 fully saturated rings. The van der Waals surface area contributed by atoms with Crippen molar-refractivity contribution in [1.29, 1.82) is 0 Å². The van der Waals surface area contributed by atoms with E-state index in [-0.39, 0.29) is 18.2 Å². The third-order valence-electron chi connectivity index (χ3n) is 4.29. The minimum Gasteiger partial charge on any atom is -0.392 e. The number of amides is 1. The van der Waals surface area contributed by atoms with Crippen molar-refractivity contribution < 1.29 is 9.90 Å². The first-order chi connectivity index (χ1) is 10.5. The zero-order valence-electron chi connectivity index (χ0n) is 13.7. The fourth-order valence-corrected chi connectivity index (χ4v) is 2.74. The Morgan fingerprint density at radius 3 is 2.73 bits per heavy atom. The second-order valence-electron chi connectivity index (χ2n) is 6.56. The topological polar surface area (TPSA) is 52.6 Å². The zero-order valence-corrected chi connectivity index (χ0v) is 13.7. The predicted octanol–water partition coefficient (Wildman–Crippen LogP) is 2.67. The van der Waals surface area contributed by atoms with E-state index in [9.17, 15) is 9.90 Å². The second-order valence-corrected chi connectivity index (χ2v) is 6.56. The van der Waals surface area contributed by atoms with Crippen molar-refractivity contribution in [3.63, 3.8) is 0 Å². The van der Waals surface area contributed by atoms with Crippen molar-refractivity contribution in [2.45, 2.75) is 45.6 Å². The molecule has 1 saturated heterocycles. The van der Waals surface area contributed by atoms with E-state index in [0.29, 0.717) is 0 Å². The molecule has 1 heterocycles. The minimum absolute atomic E-state index is 0.0949. The lowest BCUT2D eigenvalue weighted by Crippen LogP contribution is -2.24. The molecule has 1 unspecified atom stereocenters. The molecule has 122 valence electrons. The molecule has 2 N–H and O–H groups in total. The predicted molar refractivity (Wildman–Crippen MR) is 89.9 cm³/mol. The number of hydrogen-bond donors (Lipinski definition) is 2. The highest BCUT2D eigenvalue weighted by atomic mass is 16.3. The average molecular weight is 304 g/mol. The van der Waals surface area contributed by atoms with E-state index in [1.54, 1.807) is 0 Å². The number of rotatable bonds is 7. The van der Waals surface area contributed by atoms with Gasteiger partial charge in [-0.1, -0.05) is 26.0 Å². The Morgan fingerprint density at radius 2 is 2.05 bits per heavy atom. The summed E-state index contributed by atoms with van der Waals surface area (Å²) in [6.45, 7) is 7.34. The molecule has 0 aromatic heterocycles. The van der Waals surface area contributed by atoms with Gasteiger partial charge >= 0.3 is 0 Å². The largest absolute Gasteiger partial charge is 0.392 e. The summed E-state index contributed by atoms with van der Waals surface area (Å²) in [5, 5.41) is 12.7. The summed E-state index contributed by atoms with van der Waals surface area (Å²) < 4.78 is 0. The summed E-state index contributed by atoms with van der Waals surface area (Å²) in [6, 6.07) is 8.03. The summed E-state index contributed by atoms with van der Waals surface area (Å²) in [6.07, 6.45) is 3.20. The Balaban J connectivity index is 1.83. The highest BCUT2D eigenvalue weighted by Gasteiger charge is 2.15. The maximum absolute atomic E-state index is 11.9. The van der Waals surface area contributed by atoms with Gasteiger partial charge in [0.15, 0.2) is 0 Å². The van der Waals surface area contributed by atoms with E-state index < -0.39 is 6.10 Å². The van der Waals surface area contributed by atoms with Crippen LogP contribution in [0, 0.1) is 5.92 Å². The normalized spacial score (nSPS) is 16.9. The molecule has 4 heteroatoms. The van der Waals surface area contributed by atoms with Crippen LogP contribution in [0.4, 0.5) is 5.69 Å². The Hall–Kier alpha value is -1.39. The molecule has 4 nitrogen and oxygen atoms in total. The summed E-state index contributed by atoms with van der Waals surface area (Å²) in [5.74, 6) is -0.0320. The van der Waals surface area contributed by atoms with Gasteiger partial charge in [0, 0.05) is 12.2 Å². The number of aliphatic hydroxyl groups is 1. The van der Waals surface area contributed by atoms with E-state index in [4.69, 9.17) is 0 Å². The van der Waals surface area contributed by atoms with E-state index >= 15 is 0 Å². The van der Waals surface area contributed by atoms with Crippen molar-refractivity contribution in [2.75, 3.05) is 25.0 Å². The number of aliphatic hydroxyl groups excluding tert-OH is 1. The van der Waals surface area contributed by atoms with Crippen LogP contribution in [0.5, 0.6) is 0 Å². The Morgan fingerprint density at radius 1 is 1.32 bits per heavy atom. The molecule has 22 heavy (non-hydrogen) atoms.